The summed E-state index contributed by atoms with van der Waals surface area (Å²) in [6, 6.07) is 15.8. The van der Waals surface area contributed by atoms with Crippen LogP contribution < -0.4 is 10.6 Å². The van der Waals surface area contributed by atoms with Crippen LogP contribution in [-0.2, 0) is 16.1 Å². The van der Waals surface area contributed by atoms with Crippen LogP contribution in [0.25, 0.3) is 11.3 Å². The highest BCUT2D eigenvalue weighted by Gasteiger charge is 2.35. The number of nitrogens with one attached hydrogen (secondary N) is 2. The lowest BCUT2D eigenvalue weighted by Gasteiger charge is -2.22. The van der Waals surface area contributed by atoms with Crippen LogP contribution in [0, 0.1) is 0 Å². The number of thiazole rings is 1. The van der Waals surface area contributed by atoms with Gasteiger partial charge in [-0.1, -0.05) is 42.5 Å². The maximum absolute atomic E-state index is 12.9. The number of nitrogens with zero attached hydrogens (tertiary/aromatic N) is 2. The van der Waals surface area contributed by atoms with Gasteiger partial charge in [-0.15, -0.1) is 11.3 Å². The fraction of sp³-hybridized carbons (Fsp3) is 0.308. The van der Waals surface area contributed by atoms with Crippen molar-refractivity contribution in [3.63, 3.8) is 0 Å². The van der Waals surface area contributed by atoms with Crippen LogP contribution in [-0.4, -0.2) is 58.6 Å². The van der Waals surface area contributed by atoms with Gasteiger partial charge in [0.05, 0.1) is 5.69 Å². The molecule has 3 N–H and O–H groups in total. The Balaban J connectivity index is 1.32. The summed E-state index contributed by atoms with van der Waals surface area (Å²) in [4.78, 5) is 43.6. The Morgan fingerprint density at radius 1 is 1.11 bits per heavy atom. The van der Waals surface area contributed by atoms with Gasteiger partial charge < -0.3 is 20.5 Å². The Bertz CT molecular complexity index is 1180. The number of hydrogen-bond donors (Lipinski definition) is 3. The van der Waals surface area contributed by atoms with E-state index in [9.17, 15) is 14.4 Å². The summed E-state index contributed by atoms with van der Waals surface area (Å²) < 4.78 is 5.41. The Morgan fingerprint density at radius 3 is 2.64 bits per heavy atom. The molecule has 1 aliphatic heterocycles. The molecule has 0 aliphatic carbocycles. The lowest BCUT2D eigenvalue weighted by molar-refractivity contribution is -0.120. The number of aromatic nitrogens is 1. The molecule has 3 amide bonds. The van der Waals surface area contributed by atoms with E-state index in [-0.39, 0.29) is 25.0 Å². The van der Waals surface area contributed by atoms with Gasteiger partial charge in [-0.3, -0.25) is 14.5 Å². The minimum atomic E-state index is -0.607. The van der Waals surface area contributed by atoms with E-state index < -0.39 is 12.1 Å². The van der Waals surface area contributed by atoms with E-state index in [1.54, 1.807) is 24.3 Å². The van der Waals surface area contributed by atoms with Crippen molar-refractivity contribution in [3.8, 4) is 11.3 Å². The van der Waals surface area contributed by atoms with E-state index in [1.165, 1.54) is 16.2 Å². The summed E-state index contributed by atoms with van der Waals surface area (Å²) in [6.45, 7) is 1.06. The molecule has 4 rings (SSSR count). The highest BCUT2D eigenvalue weighted by atomic mass is 32.1. The molecule has 1 aliphatic rings. The van der Waals surface area contributed by atoms with Gasteiger partial charge >= 0.3 is 6.09 Å². The first kappa shape index (κ1) is 25.3. The van der Waals surface area contributed by atoms with Crippen LogP contribution in [0.2, 0.25) is 0 Å². The van der Waals surface area contributed by atoms with Crippen molar-refractivity contribution in [2.75, 3.05) is 25.0 Å². The van der Waals surface area contributed by atoms with Crippen molar-refractivity contribution in [2.45, 2.75) is 31.9 Å². The molecule has 1 atom stereocenters. The van der Waals surface area contributed by atoms with Crippen molar-refractivity contribution < 1.29 is 24.2 Å². The molecule has 36 heavy (non-hydrogen) atoms. The Kier molecular flexibility index (Phi) is 8.64. The zero-order chi connectivity index (χ0) is 25.3. The molecular formula is C26H28N4O5S. The minimum absolute atomic E-state index is 0.0268. The maximum atomic E-state index is 12.9. The van der Waals surface area contributed by atoms with Crippen LogP contribution in [0.1, 0.15) is 35.2 Å². The molecule has 0 spiro atoms. The molecule has 1 fully saturated rings. The highest BCUT2D eigenvalue weighted by Crippen LogP contribution is 2.27. The fourth-order valence-corrected chi connectivity index (χ4v) is 4.61. The maximum Gasteiger partial charge on any atom is 0.410 e. The topological polar surface area (TPSA) is 121 Å². The lowest BCUT2D eigenvalue weighted by atomic mass is 10.1. The number of aliphatic hydroxyl groups is 1. The highest BCUT2D eigenvalue weighted by molar-refractivity contribution is 7.14. The van der Waals surface area contributed by atoms with E-state index in [2.05, 4.69) is 15.6 Å². The van der Waals surface area contributed by atoms with Crippen molar-refractivity contribution in [2.24, 2.45) is 0 Å². The van der Waals surface area contributed by atoms with E-state index in [4.69, 9.17) is 9.84 Å². The number of likely N-dealkylation sites (tertiary alicyclic amines) is 1. The van der Waals surface area contributed by atoms with Gasteiger partial charge in [0, 0.05) is 36.2 Å². The molecule has 0 saturated carbocycles. The number of amides is 3. The first-order chi connectivity index (χ1) is 17.5. The molecule has 2 heterocycles. The SMILES string of the molecule is O=C(NCCCO)c1ccc(-c2csc(NC(=O)[C@@H]3CCCN3C(=O)OCc3ccccc3)n2)cc1. The summed E-state index contributed by atoms with van der Waals surface area (Å²) in [5.41, 5.74) is 2.89. The molecule has 0 bridgehead atoms. The third-order valence-electron chi connectivity index (χ3n) is 5.79. The molecule has 0 unspecified atom stereocenters. The molecule has 10 heteroatoms. The Hall–Kier alpha value is -3.76. The van der Waals surface area contributed by atoms with Crippen molar-refractivity contribution >= 4 is 34.4 Å². The number of rotatable bonds is 9. The van der Waals surface area contributed by atoms with Crippen molar-refractivity contribution in [3.05, 3.63) is 71.1 Å². The summed E-state index contributed by atoms with van der Waals surface area (Å²) >= 11 is 1.29. The number of carbonyl (C=O) groups excluding carboxylic acids is 3. The minimum Gasteiger partial charge on any atom is -0.445 e. The Labute approximate surface area is 213 Å². The zero-order valence-electron chi connectivity index (χ0n) is 19.7. The molecule has 1 aromatic heterocycles. The number of carbonyl (C=O) groups is 3. The van der Waals surface area contributed by atoms with Crippen LogP contribution in [0.4, 0.5) is 9.93 Å². The molecule has 1 saturated heterocycles. The summed E-state index contributed by atoms with van der Waals surface area (Å²) in [5.74, 6) is -0.496. The second-order valence-electron chi connectivity index (χ2n) is 8.33. The second kappa shape index (κ2) is 12.3. The monoisotopic (exact) mass is 508 g/mol. The van der Waals surface area contributed by atoms with Gasteiger partial charge in [0.2, 0.25) is 5.91 Å². The first-order valence-electron chi connectivity index (χ1n) is 11.8. The Morgan fingerprint density at radius 2 is 1.89 bits per heavy atom. The predicted octanol–water partition coefficient (Wildman–Crippen LogP) is 3.66. The number of aliphatic hydroxyl groups excluding tert-OH is 1. The first-order valence-corrected chi connectivity index (χ1v) is 12.7. The lowest BCUT2D eigenvalue weighted by Crippen LogP contribution is -2.43. The standard InChI is InChI=1S/C26H28N4O5S/c31-15-5-13-27-23(32)20-11-9-19(10-12-20)21-17-36-25(28-21)29-24(33)22-8-4-14-30(22)26(34)35-16-18-6-2-1-3-7-18/h1-3,6-7,9-12,17,22,31H,4-5,8,13-16H2,(H,27,32)(H,28,29,33)/t22-/m0/s1. The van der Waals surface area contributed by atoms with Crippen molar-refractivity contribution in [1.82, 2.24) is 15.2 Å². The largest absolute Gasteiger partial charge is 0.445 e. The van der Waals surface area contributed by atoms with E-state index in [1.807, 2.05) is 35.7 Å². The van der Waals surface area contributed by atoms with Crippen molar-refractivity contribution in [1.29, 1.82) is 0 Å². The van der Waals surface area contributed by atoms with Gasteiger partial charge in [-0.2, -0.15) is 0 Å². The van der Waals surface area contributed by atoms with Crippen LogP contribution in [0.3, 0.4) is 0 Å². The number of ether oxygens (including phenoxy) is 1. The van der Waals surface area contributed by atoms with Gasteiger partial charge in [-0.05, 0) is 37.0 Å². The fourth-order valence-electron chi connectivity index (χ4n) is 3.89. The van der Waals surface area contributed by atoms with Gasteiger partial charge in [0.1, 0.15) is 12.6 Å². The molecule has 2 aromatic carbocycles. The van der Waals surface area contributed by atoms with Gasteiger partial charge in [0.15, 0.2) is 5.13 Å². The molecule has 3 aromatic rings. The second-order valence-corrected chi connectivity index (χ2v) is 9.19. The van der Waals surface area contributed by atoms with E-state index in [0.717, 1.165) is 17.5 Å². The smallest absolute Gasteiger partial charge is 0.410 e. The van der Waals surface area contributed by atoms with Gasteiger partial charge in [-0.25, -0.2) is 9.78 Å². The summed E-state index contributed by atoms with van der Waals surface area (Å²) in [6.07, 6.45) is 1.29. The molecular weight excluding hydrogens is 480 g/mol. The third-order valence-corrected chi connectivity index (χ3v) is 6.55. The zero-order valence-corrected chi connectivity index (χ0v) is 20.5. The van der Waals surface area contributed by atoms with E-state index in [0.29, 0.717) is 42.3 Å². The average molecular weight is 509 g/mol. The molecule has 0 radical (unpaired) electrons. The van der Waals surface area contributed by atoms with Crippen LogP contribution in [0.15, 0.2) is 60.0 Å². The number of benzene rings is 2. The molecule has 9 nitrogen and oxygen atoms in total. The number of anilines is 1. The summed E-state index contributed by atoms with van der Waals surface area (Å²) in [7, 11) is 0. The van der Waals surface area contributed by atoms with Crippen LogP contribution >= 0.6 is 11.3 Å². The van der Waals surface area contributed by atoms with Gasteiger partial charge in [0.25, 0.3) is 5.91 Å². The normalized spacial score (nSPS) is 14.9. The summed E-state index contributed by atoms with van der Waals surface area (Å²) in [5, 5.41) is 16.7. The molecule has 188 valence electrons. The predicted molar refractivity (Wildman–Crippen MR) is 137 cm³/mol. The van der Waals surface area contributed by atoms with E-state index >= 15 is 0 Å². The third kappa shape index (κ3) is 6.46. The average Bonchev–Trinajstić information content (AvgIpc) is 3.58. The van der Waals surface area contributed by atoms with Crippen LogP contribution in [0.5, 0.6) is 0 Å². The number of hydrogen-bond acceptors (Lipinski definition) is 7. The quantitative estimate of drug-likeness (QED) is 0.380.